The van der Waals surface area contributed by atoms with Gasteiger partial charge >= 0.3 is 0 Å². The summed E-state index contributed by atoms with van der Waals surface area (Å²) in [6, 6.07) is 26.3. The minimum absolute atomic E-state index is 0. The standard InChI is InChI=1S/C26H29N3O2.ClH/c1-28-14-16-29(17-15-28)27-19-24-12-13-25(30-20-22-8-4-2-5-9-22)26(18-24)31-21-23-10-6-3-7-11-23;/h2-13,18-19H,14-17,20-21H2,1H3;1H/b27-19+;. The molecule has 0 atom stereocenters. The van der Waals surface area contributed by atoms with Crippen molar-refractivity contribution in [1.82, 2.24) is 9.91 Å². The number of hydrogen-bond donors (Lipinski definition) is 0. The lowest BCUT2D eigenvalue weighted by Crippen LogP contribution is -2.41. The monoisotopic (exact) mass is 451 g/mol. The first-order valence-electron chi connectivity index (χ1n) is 10.7. The first kappa shape index (κ1) is 23.6. The Morgan fingerprint density at radius 3 is 1.91 bits per heavy atom. The minimum atomic E-state index is 0. The Bertz CT molecular complexity index is 975. The van der Waals surface area contributed by atoms with Crippen molar-refractivity contribution in [1.29, 1.82) is 0 Å². The number of rotatable bonds is 8. The Balaban J connectivity index is 0.00000289. The normalized spacial score (nSPS) is 14.2. The van der Waals surface area contributed by atoms with Crippen molar-refractivity contribution in [3.63, 3.8) is 0 Å². The molecule has 0 bridgehead atoms. The second-order valence-corrected chi connectivity index (χ2v) is 7.76. The third kappa shape index (κ3) is 7.01. The molecule has 3 aromatic rings. The number of hydrazone groups is 1. The van der Waals surface area contributed by atoms with Crippen molar-refractivity contribution < 1.29 is 9.47 Å². The molecule has 3 aromatic carbocycles. The van der Waals surface area contributed by atoms with Crippen molar-refractivity contribution in [2.75, 3.05) is 33.2 Å². The Hall–Kier alpha value is -3.02. The molecule has 1 heterocycles. The fourth-order valence-corrected chi connectivity index (χ4v) is 3.37. The van der Waals surface area contributed by atoms with Crippen molar-refractivity contribution in [2.45, 2.75) is 13.2 Å². The molecule has 0 amide bonds. The van der Waals surface area contributed by atoms with E-state index in [-0.39, 0.29) is 12.4 Å². The van der Waals surface area contributed by atoms with Gasteiger partial charge in [0.05, 0.1) is 6.21 Å². The number of piperazine rings is 1. The van der Waals surface area contributed by atoms with E-state index >= 15 is 0 Å². The molecule has 168 valence electrons. The van der Waals surface area contributed by atoms with Gasteiger partial charge in [-0.25, -0.2) is 0 Å². The highest BCUT2D eigenvalue weighted by atomic mass is 35.5. The molecule has 1 saturated heterocycles. The zero-order valence-corrected chi connectivity index (χ0v) is 19.2. The first-order valence-corrected chi connectivity index (χ1v) is 10.7. The van der Waals surface area contributed by atoms with Gasteiger partial charge in [0.2, 0.25) is 0 Å². The van der Waals surface area contributed by atoms with Crippen LogP contribution < -0.4 is 9.47 Å². The van der Waals surface area contributed by atoms with Crippen molar-refractivity contribution >= 4 is 18.6 Å². The Morgan fingerprint density at radius 2 is 1.31 bits per heavy atom. The van der Waals surface area contributed by atoms with Crippen LogP contribution in [-0.4, -0.2) is 49.4 Å². The van der Waals surface area contributed by atoms with E-state index in [1.54, 1.807) is 0 Å². The van der Waals surface area contributed by atoms with Gasteiger partial charge in [-0.05, 0) is 41.9 Å². The summed E-state index contributed by atoms with van der Waals surface area (Å²) in [5.74, 6) is 1.46. The van der Waals surface area contributed by atoms with Crippen LogP contribution in [0.4, 0.5) is 0 Å². The van der Waals surface area contributed by atoms with Crippen LogP contribution in [0.2, 0.25) is 0 Å². The lowest BCUT2D eigenvalue weighted by Gasteiger charge is -2.30. The van der Waals surface area contributed by atoms with E-state index in [0.717, 1.165) is 54.4 Å². The van der Waals surface area contributed by atoms with Gasteiger partial charge in [0.15, 0.2) is 11.5 Å². The van der Waals surface area contributed by atoms with Gasteiger partial charge in [0, 0.05) is 26.2 Å². The average Bonchev–Trinajstić information content (AvgIpc) is 2.83. The molecule has 1 fully saturated rings. The summed E-state index contributed by atoms with van der Waals surface area (Å²) in [5, 5.41) is 6.77. The molecule has 0 spiro atoms. The van der Waals surface area contributed by atoms with Crippen molar-refractivity contribution in [3.05, 3.63) is 95.6 Å². The van der Waals surface area contributed by atoms with Crippen molar-refractivity contribution in [2.24, 2.45) is 5.10 Å². The van der Waals surface area contributed by atoms with Crippen LogP contribution in [0.25, 0.3) is 0 Å². The summed E-state index contributed by atoms with van der Waals surface area (Å²) < 4.78 is 12.2. The molecular formula is C26H30ClN3O2. The molecule has 0 aromatic heterocycles. The summed E-state index contributed by atoms with van der Waals surface area (Å²) in [6.07, 6.45) is 1.90. The Labute approximate surface area is 196 Å². The molecule has 0 saturated carbocycles. The number of benzene rings is 3. The van der Waals surface area contributed by atoms with Gasteiger partial charge in [0.1, 0.15) is 13.2 Å². The van der Waals surface area contributed by atoms with Gasteiger partial charge < -0.3 is 14.4 Å². The van der Waals surface area contributed by atoms with E-state index in [2.05, 4.69) is 46.3 Å². The van der Waals surface area contributed by atoms with E-state index in [9.17, 15) is 0 Å². The van der Waals surface area contributed by atoms with Crippen molar-refractivity contribution in [3.8, 4) is 11.5 Å². The lowest BCUT2D eigenvalue weighted by atomic mass is 10.2. The van der Waals surface area contributed by atoms with Crippen LogP contribution in [0.1, 0.15) is 16.7 Å². The van der Waals surface area contributed by atoms with Gasteiger partial charge in [-0.15, -0.1) is 12.4 Å². The number of ether oxygens (including phenoxy) is 2. The summed E-state index contributed by atoms with van der Waals surface area (Å²) in [7, 11) is 2.14. The Morgan fingerprint density at radius 1 is 0.750 bits per heavy atom. The smallest absolute Gasteiger partial charge is 0.162 e. The van der Waals surface area contributed by atoms with Crippen LogP contribution in [0.3, 0.4) is 0 Å². The van der Waals surface area contributed by atoms with E-state index in [1.807, 2.05) is 60.8 Å². The number of nitrogens with zero attached hydrogens (tertiary/aromatic N) is 3. The quantitative estimate of drug-likeness (QED) is 0.459. The topological polar surface area (TPSA) is 37.3 Å². The highest BCUT2D eigenvalue weighted by Gasteiger charge is 2.12. The SMILES string of the molecule is CN1CCN(/N=C/c2ccc(OCc3ccccc3)c(OCc3ccccc3)c2)CC1.Cl. The third-order valence-electron chi connectivity index (χ3n) is 5.29. The van der Waals surface area contributed by atoms with Crippen LogP contribution in [0.15, 0.2) is 84.0 Å². The second-order valence-electron chi connectivity index (χ2n) is 7.76. The third-order valence-corrected chi connectivity index (χ3v) is 5.29. The van der Waals surface area contributed by atoms with Gasteiger partial charge in [-0.1, -0.05) is 60.7 Å². The van der Waals surface area contributed by atoms with Gasteiger partial charge in [0.25, 0.3) is 0 Å². The summed E-state index contributed by atoms with van der Waals surface area (Å²) >= 11 is 0. The maximum Gasteiger partial charge on any atom is 0.162 e. The highest BCUT2D eigenvalue weighted by molar-refractivity contribution is 5.85. The van der Waals surface area contributed by atoms with Crippen LogP contribution in [-0.2, 0) is 13.2 Å². The molecule has 32 heavy (non-hydrogen) atoms. The fraction of sp³-hybridized carbons (Fsp3) is 0.269. The van der Waals surface area contributed by atoms with E-state index in [0.29, 0.717) is 13.2 Å². The summed E-state index contributed by atoms with van der Waals surface area (Å²) in [5.41, 5.74) is 3.24. The minimum Gasteiger partial charge on any atom is -0.485 e. The molecule has 4 rings (SSSR count). The zero-order chi connectivity index (χ0) is 21.3. The van der Waals surface area contributed by atoms with Crippen LogP contribution in [0, 0.1) is 0 Å². The first-order chi connectivity index (χ1) is 15.3. The van der Waals surface area contributed by atoms with Crippen LogP contribution >= 0.6 is 12.4 Å². The number of hydrogen-bond acceptors (Lipinski definition) is 5. The zero-order valence-electron chi connectivity index (χ0n) is 18.4. The largest absolute Gasteiger partial charge is 0.485 e. The predicted octanol–water partition coefficient (Wildman–Crippen LogP) is 4.85. The van der Waals surface area contributed by atoms with E-state index in [4.69, 9.17) is 9.47 Å². The molecule has 5 nitrogen and oxygen atoms in total. The summed E-state index contributed by atoms with van der Waals surface area (Å²) in [4.78, 5) is 2.32. The maximum atomic E-state index is 6.15. The van der Waals surface area contributed by atoms with Crippen LogP contribution in [0.5, 0.6) is 11.5 Å². The molecule has 0 N–H and O–H groups in total. The van der Waals surface area contributed by atoms with Gasteiger partial charge in [-0.3, -0.25) is 5.01 Å². The molecule has 1 aliphatic rings. The summed E-state index contributed by atoms with van der Waals surface area (Å²) in [6.45, 7) is 4.95. The average molecular weight is 452 g/mol. The van der Waals surface area contributed by atoms with E-state index < -0.39 is 0 Å². The number of halogens is 1. The fourth-order valence-electron chi connectivity index (χ4n) is 3.37. The predicted molar refractivity (Wildman–Crippen MR) is 132 cm³/mol. The molecule has 1 aliphatic heterocycles. The molecular weight excluding hydrogens is 422 g/mol. The molecule has 0 unspecified atom stereocenters. The van der Waals surface area contributed by atoms with E-state index in [1.165, 1.54) is 0 Å². The molecule has 0 radical (unpaired) electrons. The lowest BCUT2D eigenvalue weighted by molar-refractivity contribution is 0.159. The molecule has 0 aliphatic carbocycles. The molecule has 6 heteroatoms. The van der Waals surface area contributed by atoms with Gasteiger partial charge in [-0.2, -0.15) is 5.10 Å². The highest BCUT2D eigenvalue weighted by Crippen LogP contribution is 2.30. The number of likely N-dealkylation sites (N-methyl/N-ethyl adjacent to an activating group) is 1. The second kappa shape index (κ2) is 12.1. The Kier molecular flexibility index (Phi) is 8.96. The maximum absolute atomic E-state index is 6.15.